The highest BCUT2D eigenvalue weighted by molar-refractivity contribution is 5.94. The Morgan fingerprint density at radius 2 is 2.17 bits per heavy atom. The summed E-state index contributed by atoms with van der Waals surface area (Å²) in [4.78, 5) is 13.9. The molecule has 0 aliphatic heterocycles. The Hall–Kier alpha value is -1.97. The molecular weight excluding hydrogens is 228 g/mol. The zero-order valence-electron chi connectivity index (χ0n) is 10.7. The highest BCUT2D eigenvalue weighted by Crippen LogP contribution is 2.27. The Labute approximate surface area is 106 Å². The molecule has 0 radical (unpaired) electrons. The number of aryl methyl sites for hydroxylation is 1. The smallest absolute Gasteiger partial charge is 0.303 e. The summed E-state index contributed by atoms with van der Waals surface area (Å²) >= 11 is 0. The van der Waals surface area contributed by atoms with Gasteiger partial charge in [0, 0.05) is 29.6 Å². The van der Waals surface area contributed by atoms with Crippen LogP contribution < -0.4 is 5.32 Å². The summed E-state index contributed by atoms with van der Waals surface area (Å²) in [5.41, 5.74) is 3.25. The number of carbonyl (C=O) groups is 1. The third-order valence-corrected chi connectivity index (χ3v) is 3.04. The molecule has 0 saturated carbocycles. The van der Waals surface area contributed by atoms with Gasteiger partial charge in [-0.15, -0.1) is 0 Å². The maximum absolute atomic E-state index is 10.6. The number of fused-ring (bicyclic) bond motifs is 1. The van der Waals surface area contributed by atoms with E-state index in [4.69, 9.17) is 5.11 Å². The van der Waals surface area contributed by atoms with E-state index in [-0.39, 0.29) is 12.3 Å². The molecule has 96 valence electrons. The fraction of sp³-hybridized carbons (Fsp3) is 0.357. The largest absolute Gasteiger partial charge is 0.481 e. The molecule has 18 heavy (non-hydrogen) atoms. The monoisotopic (exact) mass is 246 g/mol. The van der Waals surface area contributed by atoms with E-state index in [0.717, 1.165) is 22.3 Å². The number of carboxylic acid groups (broad SMARTS) is 1. The summed E-state index contributed by atoms with van der Waals surface area (Å²) in [5.74, 6) is -0.643. The van der Waals surface area contributed by atoms with Crippen molar-refractivity contribution >= 4 is 22.6 Å². The molecule has 0 spiro atoms. The SMILES string of the molecule is Cc1[nH]c2ccccc2c1NCC(C)CC(=O)O. The fourth-order valence-corrected chi connectivity index (χ4v) is 2.15. The van der Waals surface area contributed by atoms with E-state index < -0.39 is 5.97 Å². The fourth-order valence-electron chi connectivity index (χ4n) is 2.15. The number of nitrogens with one attached hydrogen (secondary N) is 2. The summed E-state index contributed by atoms with van der Waals surface area (Å²) in [7, 11) is 0. The quantitative estimate of drug-likeness (QED) is 0.759. The van der Waals surface area contributed by atoms with Gasteiger partial charge in [0.2, 0.25) is 0 Å². The predicted molar refractivity (Wildman–Crippen MR) is 72.9 cm³/mol. The van der Waals surface area contributed by atoms with E-state index in [0.29, 0.717) is 6.54 Å². The van der Waals surface area contributed by atoms with Gasteiger partial charge in [0.1, 0.15) is 0 Å². The summed E-state index contributed by atoms with van der Waals surface area (Å²) in [6.07, 6.45) is 0.189. The summed E-state index contributed by atoms with van der Waals surface area (Å²) in [6, 6.07) is 8.09. The molecular formula is C14H18N2O2. The van der Waals surface area contributed by atoms with Crippen LogP contribution in [0.3, 0.4) is 0 Å². The molecule has 0 aliphatic carbocycles. The molecule has 3 N–H and O–H groups in total. The van der Waals surface area contributed by atoms with Gasteiger partial charge < -0.3 is 15.4 Å². The number of H-pyrrole nitrogens is 1. The summed E-state index contributed by atoms with van der Waals surface area (Å²) in [5, 5.41) is 13.2. The van der Waals surface area contributed by atoms with E-state index in [1.165, 1.54) is 0 Å². The molecule has 0 fully saturated rings. The summed E-state index contributed by atoms with van der Waals surface area (Å²) in [6.45, 7) is 4.62. The van der Waals surface area contributed by atoms with Crippen LogP contribution in [0.5, 0.6) is 0 Å². The molecule has 0 bridgehead atoms. The van der Waals surface area contributed by atoms with E-state index in [1.807, 2.05) is 32.0 Å². The molecule has 1 atom stereocenters. The van der Waals surface area contributed by atoms with Crippen molar-refractivity contribution in [2.24, 2.45) is 5.92 Å². The number of aliphatic carboxylic acids is 1. The molecule has 0 saturated heterocycles. The van der Waals surface area contributed by atoms with Crippen LogP contribution in [-0.4, -0.2) is 22.6 Å². The first-order valence-corrected chi connectivity index (χ1v) is 6.11. The maximum atomic E-state index is 10.6. The minimum atomic E-state index is -0.750. The third kappa shape index (κ3) is 2.64. The Morgan fingerprint density at radius 1 is 1.44 bits per heavy atom. The minimum Gasteiger partial charge on any atom is -0.481 e. The van der Waals surface area contributed by atoms with Crippen molar-refractivity contribution in [3.8, 4) is 0 Å². The number of hydrogen-bond acceptors (Lipinski definition) is 2. The van der Waals surface area contributed by atoms with Crippen molar-refractivity contribution in [2.45, 2.75) is 20.3 Å². The zero-order chi connectivity index (χ0) is 13.1. The van der Waals surface area contributed by atoms with Gasteiger partial charge in [0.05, 0.1) is 5.69 Å². The number of rotatable bonds is 5. The number of aromatic nitrogens is 1. The van der Waals surface area contributed by atoms with Crippen molar-refractivity contribution in [3.63, 3.8) is 0 Å². The number of para-hydroxylation sites is 1. The highest BCUT2D eigenvalue weighted by atomic mass is 16.4. The lowest BCUT2D eigenvalue weighted by Crippen LogP contribution is -2.15. The molecule has 4 heteroatoms. The van der Waals surface area contributed by atoms with Crippen LogP contribution in [0, 0.1) is 12.8 Å². The molecule has 1 aromatic carbocycles. The lowest BCUT2D eigenvalue weighted by molar-refractivity contribution is -0.137. The van der Waals surface area contributed by atoms with Crippen LogP contribution >= 0.6 is 0 Å². The number of anilines is 1. The first-order valence-electron chi connectivity index (χ1n) is 6.11. The van der Waals surface area contributed by atoms with Gasteiger partial charge in [-0.25, -0.2) is 0 Å². The second-order valence-corrected chi connectivity index (χ2v) is 4.75. The Balaban J connectivity index is 2.12. The van der Waals surface area contributed by atoms with Gasteiger partial charge >= 0.3 is 5.97 Å². The third-order valence-electron chi connectivity index (χ3n) is 3.04. The standard InChI is InChI=1S/C14H18N2O2/c1-9(7-13(17)18)8-15-14-10(2)16-12-6-4-3-5-11(12)14/h3-6,9,15-16H,7-8H2,1-2H3,(H,17,18). The average molecular weight is 246 g/mol. The highest BCUT2D eigenvalue weighted by Gasteiger charge is 2.11. The molecule has 0 amide bonds. The lowest BCUT2D eigenvalue weighted by atomic mass is 10.1. The molecule has 4 nitrogen and oxygen atoms in total. The van der Waals surface area contributed by atoms with E-state index in [1.54, 1.807) is 0 Å². The first-order chi connectivity index (χ1) is 8.58. The molecule has 2 rings (SSSR count). The second-order valence-electron chi connectivity index (χ2n) is 4.75. The van der Waals surface area contributed by atoms with Gasteiger partial charge in [0.15, 0.2) is 0 Å². The van der Waals surface area contributed by atoms with Gasteiger partial charge in [0.25, 0.3) is 0 Å². The van der Waals surface area contributed by atoms with E-state index in [2.05, 4.69) is 16.4 Å². The van der Waals surface area contributed by atoms with Crippen LogP contribution in [0.2, 0.25) is 0 Å². The number of aromatic amines is 1. The van der Waals surface area contributed by atoms with E-state index >= 15 is 0 Å². The van der Waals surface area contributed by atoms with Crippen molar-refractivity contribution in [3.05, 3.63) is 30.0 Å². The molecule has 0 aliphatic rings. The normalized spacial score (nSPS) is 12.6. The molecule has 1 heterocycles. The Morgan fingerprint density at radius 3 is 2.89 bits per heavy atom. The van der Waals surface area contributed by atoms with Crippen molar-refractivity contribution in [1.29, 1.82) is 0 Å². The predicted octanol–water partition coefficient (Wildman–Crippen LogP) is 3.00. The molecule has 1 aromatic heterocycles. The van der Waals surface area contributed by atoms with Gasteiger partial charge in [-0.3, -0.25) is 4.79 Å². The summed E-state index contributed by atoms with van der Waals surface area (Å²) < 4.78 is 0. The second kappa shape index (κ2) is 5.12. The van der Waals surface area contributed by atoms with Crippen LogP contribution in [0.1, 0.15) is 19.0 Å². The van der Waals surface area contributed by atoms with Crippen LogP contribution in [-0.2, 0) is 4.79 Å². The van der Waals surface area contributed by atoms with Crippen LogP contribution in [0.4, 0.5) is 5.69 Å². The van der Waals surface area contributed by atoms with E-state index in [9.17, 15) is 4.79 Å². The maximum Gasteiger partial charge on any atom is 0.303 e. The van der Waals surface area contributed by atoms with Crippen molar-refractivity contribution < 1.29 is 9.90 Å². The number of hydrogen-bond donors (Lipinski definition) is 3. The number of benzene rings is 1. The first kappa shape index (κ1) is 12.5. The Bertz CT molecular complexity index is 560. The zero-order valence-corrected chi connectivity index (χ0v) is 10.7. The average Bonchev–Trinajstić information content (AvgIpc) is 2.61. The van der Waals surface area contributed by atoms with Crippen LogP contribution in [0.25, 0.3) is 10.9 Å². The Kier molecular flexibility index (Phi) is 3.55. The van der Waals surface area contributed by atoms with Crippen molar-refractivity contribution in [1.82, 2.24) is 4.98 Å². The van der Waals surface area contributed by atoms with Gasteiger partial charge in [-0.05, 0) is 18.9 Å². The van der Waals surface area contributed by atoms with Crippen molar-refractivity contribution in [2.75, 3.05) is 11.9 Å². The topological polar surface area (TPSA) is 65.1 Å². The van der Waals surface area contributed by atoms with Crippen LogP contribution in [0.15, 0.2) is 24.3 Å². The number of carboxylic acids is 1. The minimum absolute atomic E-state index is 0.107. The lowest BCUT2D eigenvalue weighted by Gasteiger charge is -2.11. The molecule has 2 aromatic rings. The molecule has 1 unspecified atom stereocenters. The van der Waals surface area contributed by atoms with Gasteiger partial charge in [-0.1, -0.05) is 25.1 Å². The van der Waals surface area contributed by atoms with Gasteiger partial charge in [-0.2, -0.15) is 0 Å².